The molecule has 1 aromatic heterocycles. The smallest absolute Gasteiger partial charge is 0.255 e. The van der Waals surface area contributed by atoms with Gasteiger partial charge in [0.05, 0.1) is 17.9 Å². The van der Waals surface area contributed by atoms with Crippen LogP contribution in [0.4, 0.5) is 10.7 Å². The lowest BCUT2D eigenvalue weighted by Crippen LogP contribution is -2.22. The van der Waals surface area contributed by atoms with Gasteiger partial charge in [0.1, 0.15) is 16.8 Å². The Balaban J connectivity index is 1.23. The Morgan fingerprint density at radius 1 is 1.05 bits per heavy atom. The van der Waals surface area contributed by atoms with Gasteiger partial charge in [-0.25, -0.2) is 0 Å². The van der Waals surface area contributed by atoms with Crippen molar-refractivity contribution < 1.29 is 14.3 Å². The number of hydrogen-bond acceptors (Lipinski definition) is 6. The Morgan fingerprint density at radius 2 is 1.85 bits per heavy atom. The first kappa shape index (κ1) is 27.5. The molecule has 2 atom stereocenters. The number of methoxy groups -OCH3 is 1. The van der Waals surface area contributed by atoms with Gasteiger partial charge in [0.25, 0.3) is 5.91 Å². The van der Waals surface area contributed by atoms with Crippen molar-refractivity contribution in [1.29, 1.82) is 5.26 Å². The molecule has 0 radical (unpaired) electrons. The van der Waals surface area contributed by atoms with E-state index in [1.165, 1.54) is 33.5 Å². The van der Waals surface area contributed by atoms with Gasteiger partial charge in [-0.1, -0.05) is 42.5 Å². The number of thioether (sulfide) groups is 1. The molecule has 202 valence electrons. The average Bonchev–Trinajstić information content (AvgIpc) is 3.33. The van der Waals surface area contributed by atoms with Crippen molar-refractivity contribution in [3.8, 4) is 11.8 Å². The first-order chi connectivity index (χ1) is 19.4. The van der Waals surface area contributed by atoms with E-state index >= 15 is 0 Å². The number of nitrogens with zero attached hydrogens (tertiary/aromatic N) is 1. The normalized spacial score (nSPS) is 14.9. The SMILES string of the molecule is COc1cccc(C(=O)Nc2cccc(SC(C)C(=O)Nc3sc4c(c3C#N)CCC(c3ccccc3)C4)c2)c1. The lowest BCUT2D eigenvalue weighted by molar-refractivity contribution is -0.115. The van der Waals surface area contributed by atoms with E-state index in [1.807, 2.05) is 37.3 Å². The Bertz CT molecular complexity index is 1580. The van der Waals surface area contributed by atoms with Gasteiger partial charge in [0.2, 0.25) is 5.91 Å². The third-order valence-electron chi connectivity index (χ3n) is 6.99. The summed E-state index contributed by atoms with van der Waals surface area (Å²) in [6.45, 7) is 1.84. The highest BCUT2D eigenvalue weighted by Gasteiger charge is 2.28. The molecule has 5 rings (SSSR count). The molecular weight excluding hydrogens is 539 g/mol. The standard InChI is InChI=1S/C32H29N3O3S2/c1-20(39-26-13-7-11-24(18-26)34-31(37)23-10-6-12-25(16-23)38-2)30(36)35-32-28(19-33)27-15-14-22(17-29(27)40-32)21-8-4-3-5-9-21/h3-13,16,18,20,22H,14-15,17H2,1-2H3,(H,34,37)(H,35,36). The molecule has 0 fully saturated rings. The summed E-state index contributed by atoms with van der Waals surface area (Å²) in [5.41, 5.74) is 4.12. The van der Waals surface area contributed by atoms with Crippen molar-refractivity contribution >= 4 is 45.6 Å². The van der Waals surface area contributed by atoms with Crippen LogP contribution in [0.15, 0.2) is 83.8 Å². The van der Waals surface area contributed by atoms with Gasteiger partial charge >= 0.3 is 0 Å². The van der Waals surface area contributed by atoms with E-state index in [9.17, 15) is 14.9 Å². The minimum atomic E-state index is -0.410. The lowest BCUT2D eigenvalue weighted by Gasteiger charge is -2.22. The van der Waals surface area contributed by atoms with Crippen molar-refractivity contribution in [2.45, 2.75) is 42.2 Å². The third-order valence-corrected chi connectivity index (χ3v) is 9.25. The van der Waals surface area contributed by atoms with Crippen LogP contribution in [0.1, 0.15) is 51.2 Å². The van der Waals surface area contributed by atoms with Crippen LogP contribution in [0.25, 0.3) is 0 Å². The highest BCUT2D eigenvalue weighted by atomic mass is 32.2. The van der Waals surface area contributed by atoms with E-state index < -0.39 is 5.25 Å². The van der Waals surface area contributed by atoms with Gasteiger partial charge in [0, 0.05) is 21.0 Å². The lowest BCUT2D eigenvalue weighted by atomic mass is 9.83. The number of fused-ring (bicyclic) bond motifs is 1. The summed E-state index contributed by atoms with van der Waals surface area (Å²) in [5.74, 6) is 0.630. The predicted molar refractivity (Wildman–Crippen MR) is 162 cm³/mol. The average molecular weight is 568 g/mol. The molecular formula is C32H29N3O3S2. The number of ether oxygens (including phenoxy) is 1. The quantitative estimate of drug-likeness (QED) is 0.219. The van der Waals surface area contributed by atoms with Crippen molar-refractivity contribution in [3.63, 3.8) is 0 Å². The van der Waals surface area contributed by atoms with Gasteiger partial charge in [-0.05, 0) is 79.6 Å². The fourth-order valence-corrected chi connectivity index (χ4v) is 7.10. The first-order valence-electron chi connectivity index (χ1n) is 13.1. The highest BCUT2D eigenvalue weighted by Crippen LogP contribution is 2.42. The molecule has 1 aliphatic carbocycles. The zero-order valence-corrected chi connectivity index (χ0v) is 23.9. The molecule has 40 heavy (non-hydrogen) atoms. The van der Waals surface area contributed by atoms with Crippen LogP contribution < -0.4 is 15.4 Å². The fourth-order valence-electron chi connectivity index (χ4n) is 4.89. The molecule has 6 nitrogen and oxygen atoms in total. The van der Waals surface area contributed by atoms with E-state index in [1.54, 1.807) is 31.4 Å². The predicted octanol–water partition coefficient (Wildman–Crippen LogP) is 7.27. The number of nitriles is 1. The van der Waals surface area contributed by atoms with Crippen LogP contribution in [0.5, 0.6) is 5.75 Å². The Kier molecular flexibility index (Phi) is 8.54. The molecule has 2 amide bonds. The van der Waals surface area contributed by atoms with E-state index in [2.05, 4.69) is 41.0 Å². The van der Waals surface area contributed by atoms with Crippen LogP contribution in [0, 0.1) is 11.3 Å². The highest BCUT2D eigenvalue weighted by molar-refractivity contribution is 8.00. The van der Waals surface area contributed by atoms with E-state index in [0.717, 1.165) is 29.7 Å². The van der Waals surface area contributed by atoms with Gasteiger partial charge in [-0.2, -0.15) is 5.26 Å². The maximum absolute atomic E-state index is 13.2. The van der Waals surface area contributed by atoms with Crippen LogP contribution >= 0.6 is 23.1 Å². The molecule has 2 unspecified atom stereocenters. The second-order valence-electron chi connectivity index (χ2n) is 9.63. The minimum Gasteiger partial charge on any atom is -0.497 e. The van der Waals surface area contributed by atoms with Crippen LogP contribution in [-0.4, -0.2) is 24.2 Å². The topological polar surface area (TPSA) is 91.2 Å². The molecule has 0 bridgehead atoms. The molecule has 0 spiro atoms. The van der Waals surface area contributed by atoms with Crippen molar-refractivity contribution in [2.24, 2.45) is 0 Å². The molecule has 2 N–H and O–H groups in total. The van der Waals surface area contributed by atoms with Crippen LogP contribution in [0.3, 0.4) is 0 Å². The van der Waals surface area contributed by atoms with Crippen molar-refractivity contribution in [3.05, 3.63) is 106 Å². The minimum absolute atomic E-state index is 0.162. The number of nitrogens with one attached hydrogen (secondary N) is 2. The second kappa shape index (κ2) is 12.4. The summed E-state index contributed by atoms with van der Waals surface area (Å²) in [4.78, 5) is 27.9. The van der Waals surface area contributed by atoms with Crippen LogP contribution in [0.2, 0.25) is 0 Å². The summed E-state index contributed by atoms with van der Waals surface area (Å²) in [6, 6.07) is 27.2. The fraction of sp³-hybridized carbons (Fsp3) is 0.219. The number of anilines is 2. The number of hydrogen-bond donors (Lipinski definition) is 2. The third kappa shape index (κ3) is 6.22. The van der Waals surface area contributed by atoms with Gasteiger partial charge in [0.15, 0.2) is 0 Å². The van der Waals surface area contributed by atoms with Gasteiger partial charge in [-0.15, -0.1) is 23.1 Å². The van der Waals surface area contributed by atoms with E-state index in [0.29, 0.717) is 33.5 Å². The van der Waals surface area contributed by atoms with Crippen LogP contribution in [-0.2, 0) is 17.6 Å². The first-order valence-corrected chi connectivity index (χ1v) is 14.8. The number of carbonyl (C=O) groups excluding carboxylic acids is 2. The molecule has 8 heteroatoms. The Hall–Kier alpha value is -4.06. The zero-order valence-electron chi connectivity index (χ0n) is 22.3. The van der Waals surface area contributed by atoms with E-state index in [-0.39, 0.29) is 11.8 Å². The molecule has 4 aromatic rings. The molecule has 0 saturated heterocycles. The summed E-state index contributed by atoms with van der Waals surface area (Å²) in [7, 11) is 1.56. The number of carbonyl (C=O) groups is 2. The number of thiophene rings is 1. The number of amides is 2. The zero-order chi connectivity index (χ0) is 28.1. The summed E-state index contributed by atoms with van der Waals surface area (Å²) < 4.78 is 5.21. The molecule has 0 aliphatic heterocycles. The molecule has 0 saturated carbocycles. The Morgan fingerprint density at radius 3 is 2.62 bits per heavy atom. The Labute approximate surface area is 242 Å². The maximum Gasteiger partial charge on any atom is 0.255 e. The van der Waals surface area contributed by atoms with Gasteiger partial charge in [-0.3, -0.25) is 9.59 Å². The molecule has 1 aliphatic rings. The maximum atomic E-state index is 13.2. The number of benzene rings is 3. The molecule has 1 heterocycles. The second-order valence-corrected chi connectivity index (χ2v) is 12.2. The summed E-state index contributed by atoms with van der Waals surface area (Å²) in [6.07, 6.45) is 2.71. The largest absolute Gasteiger partial charge is 0.497 e. The summed E-state index contributed by atoms with van der Waals surface area (Å²) in [5, 5.41) is 16.1. The van der Waals surface area contributed by atoms with Crippen molar-refractivity contribution in [2.75, 3.05) is 17.7 Å². The molecule has 3 aromatic carbocycles. The number of rotatable bonds is 8. The van der Waals surface area contributed by atoms with Crippen molar-refractivity contribution in [1.82, 2.24) is 0 Å². The van der Waals surface area contributed by atoms with E-state index in [4.69, 9.17) is 4.74 Å². The monoisotopic (exact) mass is 567 g/mol. The van der Waals surface area contributed by atoms with Gasteiger partial charge < -0.3 is 15.4 Å². The summed E-state index contributed by atoms with van der Waals surface area (Å²) >= 11 is 2.93.